The van der Waals surface area contributed by atoms with Crippen molar-refractivity contribution in [2.75, 3.05) is 33.9 Å². The molecule has 1 fully saturated rings. The van der Waals surface area contributed by atoms with Crippen LogP contribution in [0.25, 0.3) is 0 Å². The first-order chi connectivity index (χ1) is 8.69. The summed E-state index contributed by atoms with van der Waals surface area (Å²) in [5.41, 5.74) is 1.26. The third-order valence-electron chi connectivity index (χ3n) is 3.60. The van der Waals surface area contributed by atoms with Crippen molar-refractivity contribution in [3.8, 4) is 0 Å². The van der Waals surface area contributed by atoms with Crippen molar-refractivity contribution in [3.05, 3.63) is 18.0 Å². The summed E-state index contributed by atoms with van der Waals surface area (Å²) in [4.78, 5) is 2.35. The van der Waals surface area contributed by atoms with Crippen molar-refractivity contribution in [1.29, 1.82) is 0 Å². The van der Waals surface area contributed by atoms with Gasteiger partial charge in [-0.25, -0.2) is 0 Å². The van der Waals surface area contributed by atoms with Gasteiger partial charge in [0.15, 0.2) is 0 Å². The van der Waals surface area contributed by atoms with Crippen LogP contribution in [0, 0.1) is 5.92 Å². The van der Waals surface area contributed by atoms with E-state index in [1.54, 1.807) is 0 Å². The maximum atomic E-state index is 5.59. The molecule has 1 aliphatic heterocycles. The molecule has 1 aliphatic rings. The van der Waals surface area contributed by atoms with Gasteiger partial charge in [-0.2, -0.15) is 5.10 Å². The van der Waals surface area contributed by atoms with Gasteiger partial charge in [-0.3, -0.25) is 4.68 Å². The molecule has 1 N–H and O–H groups in total. The summed E-state index contributed by atoms with van der Waals surface area (Å²) in [6.07, 6.45) is 5.12. The summed E-state index contributed by atoms with van der Waals surface area (Å²) in [7, 11) is 6.16. The smallest absolute Gasteiger partial charge is 0.0534 e. The van der Waals surface area contributed by atoms with E-state index in [2.05, 4.69) is 28.6 Å². The molecule has 2 atom stereocenters. The van der Waals surface area contributed by atoms with E-state index in [1.165, 1.54) is 5.56 Å². The normalized spacial score (nSPS) is 24.7. The zero-order valence-corrected chi connectivity index (χ0v) is 11.6. The summed E-state index contributed by atoms with van der Waals surface area (Å²) < 4.78 is 7.44. The lowest BCUT2D eigenvalue weighted by Crippen LogP contribution is -2.45. The molecule has 1 aromatic rings. The second-order valence-corrected chi connectivity index (χ2v) is 5.24. The fourth-order valence-electron chi connectivity index (χ4n) is 2.69. The Bertz CT molecular complexity index is 366. The Morgan fingerprint density at radius 1 is 1.61 bits per heavy atom. The van der Waals surface area contributed by atoms with Crippen LogP contribution in [0.5, 0.6) is 0 Å². The topological polar surface area (TPSA) is 42.3 Å². The summed E-state index contributed by atoms with van der Waals surface area (Å²) in [5.74, 6) is 0.574. The SMILES string of the molecule is CNC1CCOCC1CN(C)Cc1cnn(C)c1. The van der Waals surface area contributed by atoms with Gasteiger partial charge in [0.05, 0.1) is 12.8 Å². The van der Waals surface area contributed by atoms with Gasteiger partial charge in [-0.05, 0) is 20.5 Å². The Morgan fingerprint density at radius 3 is 3.11 bits per heavy atom. The van der Waals surface area contributed by atoms with Gasteiger partial charge in [0.1, 0.15) is 0 Å². The Hall–Kier alpha value is -0.910. The summed E-state index contributed by atoms with van der Waals surface area (Å²) in [6.45, 7) is 3.75. The van der Waals surface area contributed by atoms with Crippen molar-refractivity contribution in [3.63, 3.8) is 0 Å². The van der Waals surface area contributed by atoms with Gasteiger partial charge >= 0.3 is 0 Å². The summed E-state index contributed by atoms with van der Waals surface area (Å²) in [5, 5.41) is 7.60. The number of rotatable bonds is 5. The van der Waals surface area contributed by atoms with Crippen molar-refractivity contribution in [2.45, 2.75) is 19.0 Å². The molecule has 0 amide bonds. The van der Waals surface area contributed by atoms with Crippen LogP contribution in [0.3, 0.4) is 0 Å². The highest BCUT2D eigenvalue weighted by molar-refractivity contribution is 5.03. The second kappa shape index (κ2) is 6.31. The van der Waals surface area contributed by atoms with Crippen LogP contribution in [0.15, 0.2) is 12.4 Å². The van der Waals surface area contributed by atoms with Crippen molar-refractivity contribution in [1.82, 2.24) is 20.0 Å². The first-order valence-electron chi connectivity index (χ1n) is 6.60. The van der Waals surface area contributed by atoms with Crippen LogP contribution in [-0.4, -0.2) is 54.6 Å². The monoisotopic (exact) mass is 252 g/mol. The Kier molecular flexibility index (Phi) is 4.74. The molecule has 0 spiro atoms. The molecule has 2 heterocycles. The predicted molar refractivity (Wildman–Crippen MR) is 71.3 cm³/mol. The van der Waals surface area contributed by atoms with Crippen molar-refractivity contribution >= 4 is 0 Å². The van der Waals surface area contributed by atoms with Crippen LogP contribution in [0.4, 0.5) is 0 Å². The Labute approximate surface area is 109 Å². The number of hydrogen-bond donors (Lipinski definition) is 1. The molecule has 0 bridgehead atoms. The van der Waals surface area contributed by atoms with Crippen molar-refractivity contribution in [2.24, 2.45) is 13.0 Å². The summed E-state index contributed by atoms with van der Waals surface area (Å²) >= 11 is 0. The molecule has 2 unspecified atom stereocenters. The van der Waals surface area contributed by atoms with E-state index >= 15 is 0 Å². The maximum Gasteiger partial charge on any atom is 0.0534 e. The third-order valence-corrected chi connectivity index (χ3v) is 3.60. The largest absolute Gasteiger partial charge is 0.381 e. The number of ether oxygens (including phenoxy) is 1. The lowest BCUT2D eigenvalue weighted by Gasteiger charge is -2.34. The van der Waals surface area contributed by atoms with Crippen LogP contribution in [0.2, 0.25) is 0 Å². The molecule has 18 heavy (non-hydrogen) atoms. The van der Waals surface area contributed by atoms with E-state index in [-0.39, 0.29) is 0 Å². The number of aryl methyl sites for hydroxylation is 1. The van der Waals surface area contributed by atoms with Crippen LogP contribution >= 0.6 is 0 Å². The van der Waals surface area contributed by atoms with Gasteiger partial charge in [-0.15, -0.1) is 0 Å². The lowest BCUT2D eigenvalue weighted by molar-refractivity contribution is 0.0208. The zero-order chi connectivity index (χ0) is 13.0. The minimum Gasteiger partial charge on any atom is -0.381 e. The first-order valence-corrected chi connectivity index (χ1v) is 6.60. The number of nitrogens with one attached hydrogen (secondary N) is 1. The van der Waals surface area contributed by atoms with Crippen LogP contribution in [0.1, 0.15) is 12.0 Å². The van der Waals surface area contributed by atoms with Gasteiger partial charge in [0.2, 0.25) is 0 Å². The Morgan fingerprint density at radius 2 is 2.44 bits per heavy atom. The maximum absolute atomic E-state index is 5.59. The number of hydrogen-bond acceptors (Lipinski definition) is 4. The minimum absolute atomic E-state index is 0.574. The van der Waals surface area contributed by atoms with Gasteiger partial charge in [0, 0.05) is 50.5 Å². The highest BCUT2D eigenvalue weighted by Crippen LogP contribution is 2.16. The summed E-state index contributed by atoms with van der Waals surface area (Å²) in [6, 6.07) is 0.579. The van der Waals surface area contributed by atoms with E-state index in [4.69, 9.17) is 4.74 Å². The van der Waals surface area contributed by atoms with Crippen LogP contribution < -0.4 is 5.32 Å². The lowest BCUT2D eigenvalue weighted by atomic mass is 9.95. The molecule has 0 aliphatic carbocycles. The molecule has 1 aromatic heterocycles. The van der Waals surface area contributed by atoms with Crippen molar-refractivity contribution < 1.29 is 4.74 Å². The molecule has 0 saturated carbocycles. The third kappa shape index (κ3) is 3.54. The molecular weight excluding hydrogens is 228 g/mol. The highest BCUT2D eigenvalue weighted by Gasteiger charge is 2.25. The van der Waals surface area contributed by atoms with Gasteiger partial charge in [0.25, 0.3) is 0 Å². The first kappa shape index (κ1) is 13.5. The standard InChI is InChI=1S/C13H24N4O/c1-14-13-4-5-18-10-12(13)9-16(2)7-11-6-15-17(3)8-11/h6,8,12-14H,4-5,7,9-10H2,1-3H3. The van der Waals surface area contributed by atoms with E-state index < -0.39 is 0 Å². The average Bonchev–Trinajstić information content (AvgIpc) is 2.75. The van der Waals surface area contributed by atoms with E-state index in [1.807, 2.05) is 25.0 Å². The molecule has 0 radical (unpaired) electrons. The molecule has 2 rings (SSSR count). The average molecular weight is 252 g/mol. The second-order valence-electron chi connectivity index (χ2n) is 5.24. The predicted octanol–water partition coefficient (Wildman–Crippen LogP) is 0.476. The van der Waals surface area contributed by atoms with Crippen LogP contribution in [-0.2, 0) is 18.3 Å². The van der Waals surface area contributed by atoms with Gasteiger partial charge < -0.3 is 15.0 Å². The fourth-order valence-corrected chi connectivity index (χ4v) is 2.69. The molecular formula is C13H24N4O. The molecule has 0 aromatic carbocycles. The highest BCUT2D eigenvalue weighted by atomic mass is 16.5. The number of aromatic nitrogens is 2. The molecule has 5 nitrogen and oxygen atoms in total. The van der Waals surface area contributed by atoms with Gasteiger partial charge in [-0.1, -0.05) is 0 Å². The Balaban J connectivity index is 1.84. The fraction of sp³-hybridized carbons (Fsp3) is 0.769. The van der Waals surface area contributed by atoms with E-state index in [0.29, 0.717) is 12.0 Å². The van der Waals surface area contributed by atoms with E-state index in [9.17, 15) is 0 Å². The molecule has 1 saturated heterocycles. The van der Waals surface area contributed by atoms with E-state index in [0.717, 1.165) is 32.7 Å². The quantitative estimate of drug-likeness (QED) is 0.827. The minimum atomic E-state index is 0.574. The zero-order valence-electron chi connectivity index (χ0n) is 11.6. The molecule has 5 heteroatoms. The number of nitrogens with zero attached hydrogens (tertiary/aromatic N) is 3. The molecule has 102 valence electrons.